The predicted octanol–water partition coefficient (Wildman–Crippen LogP) is 5.13. The number of aliphatic carboxylic acids is 2. The molecule has 0 unspecified atom stereocenters. The number of thiol groups is 2. The van der Waals surface area contributed by atoms with Gasteiger partial charge in [0.05, 0.1) is 11.4 Å². The molecule has 8 nitrogen and oxygen atoms in total. The van der Waals surface area contributed by atoms with Crippen molar-refractivity contribution in [1.82, 2.24) is 15.0 Å². The van der Waals surface area contributed by atoms with Crippen molar-refractivity contribution >= 4 is 80.7 Å². The van der Waals surface area contributed by atoms with E-state index in [1.807, 2.05) is 36.6 Å². The van der Waals surface area contributed by atoms with E-state index in [0.717, 1.165) is 90.5 Å². The average molecular weight is 698 g/mol. The Morgan fingerprint density at radius 1 is 0.870 bits per heavy atom. The quantitative estimate of drug-likeness (QED) is 0.0709. The summed E-state index contributed by atoms with van der Waals surface area (Å²) in [6.07, 6.45) is 1.32. The maximum atomic E-state index is 11.7. The molecule has 3 aromatic rings. The normalized spacial score (nSPS) is 15.7. The van der Waals surface area contributed by atoms with Gasteiger partial charge in [0.2, 0.25) is 0 Å². The van der Waals surface area contributed by atoms with E-state index in [1.165, 1.54) is 17.3 Å². The Balaban J connectivity index is 0.00000417. The van der Waals surface area contributed by atoms with Crippen LogP contribution in [0.4, 0.5) is 0 Å². The number of allylic oxidation sites excluding steroid dienone is 3. The molecule has 0 saturated carbocycles. The summed E-state index contributed by atoms with van der Waals surface area (Å²) in [5.41, 5.74) is 14.7. The maximum absolute atomic E-state index is 11.7. The average Bonchev–Trinajstić information content (AvgIpc) is 3.58. The Morgan fingerprint density at radius 3 is 1.98 bits per heavy atom. The van der Waals surface area contributed by atoms with Crippen molar-refractivity contribution in [2.45, 2.75) is 65.0 Å². The first-order chi connectivity index (χ1) is 21.5. The minimum absolute atomic E-state index is 0. The summed E-state index contributed by atoms with van der Waals surface area (Å²) in [6.45, 7) is 8.19. The van der Waals surface area contributed by atoms with Crippen LogP contribution in [-0.4, -0.2) is 43.9 Å². The minimum atomic E-state index is -0.881. The first-order valence-electron chi connectivity index (χ1n) is 15.1. The molecule has 0 amide bonds. The molecular weight excluding hydrogens is 660 g/mol. The molecule has 46 heavy (non-hydrogen) atoms. The fraction of sp³-hybridized carbons (Fsp3) is 0.343. The molecule has 3 aliphatic heterocycles. The van der Waals surface area contributed by atoms with Crippen LogP contribution in [0.5, 0.6) is 0 Å². The second-order valence-corrected chi connectivity index (χ2v) is 13.7. The van der Waals surface area contributed by atoms with Gasteiger partial charge in [0, 0.05) is 25.5 Å². The van der Waals surface area contributed by atoms with Gasteiger partial charge in [-0.25, -0.2) is 4.98 Å². The third kappa shape index (κ3) is 6.30. The summed E-state index contributed by atoms with van der Waals surface area (Å²) < 4.78 is 1.84. The number of hydrogen-bond acceptors (Lipinski definition) is 4. The van der Waals surface area contributed by atoms with Crippen LogP contribution in [0.2, 0.25) is 0 Å². The molecule has 0 spiro atoms. The van der Waals surface area contributed by atoms with Crippen molar-refractivity contribution in [2.75, 3.05) is 11.5 Å². The Labute approximate surface area is 288 Å². The van der Waals surface area contributed by atoms with Crippen molar-refractivity contribution in [1.29, 1.82) is 0 Å². The van der Waals surface area contributed by atoms with Crippen molar-refractivity contribution in [2.24, 2.45) is 0 Å². The Hall–Kier alpha value is -3.37. The van der Waals surface area contributed by atoms with Gasteiger partial charge in [-0.15, -0.1) is 22.1 Å². The molecule has 6 heterocycles. The van der Waals surface area contributed by atoms with E-state index >= 15 is 0 Å². The van der Waals surface area contributed by atoms with Crippen molar-refractivity contribution < 1.29 is 41.4 Å². The SMILES string of the molecule is [CH2-][n+]1c2cc3[n-]c(cc4nc(cc5[n-]c(cc1C(CCC(=O)O)=C2C)c(CCC(=O)O)c5C)C(C)=C4[C@H]1C[SH+]1)c(C)c3CCS.[Fe+3]. The van der Waals surface area contributed by atoms with Crippen LogP contribution in [0.3, 0.4) is 0 Å². The molecule has 0 aromatic carbocycles. The molecule has 1 saturated heterocycles. The summed E-state index contributed by atoms with van der Waals surface area (Å²) in [4.78, 5) is 38.6. The number of nitrogens with zero attached hydrogens (tertiary/aromatic N) is 4. The standard InChI is InChI=1S/C35H38N4O4S2.Fe/c1-17-21(6-8-33(40)41)28-15-31-23(7-9-34(42)43)19(3)30(39(31)5)14-27-22(10-11-44)18(2)25(37-27)13-29-35(32-16-45-32)20(4)26(38-29)12-24(17)36-28;/h12-15,32H,5-11,16H2,1-4H3,(H5,36,37,38,40,41,42,43,44);/q;+3/p-1/t32-;/m1./s1. The van der Waals surface area contributed by atoms with Gasteiger partial charge in [-0.1, -0.05) is 46.5 Å². The minimum Gasteiger partial charge on any atom is -0.658 e. The van der Waals surface area contributed by atoms with Gasteiger partial charge in [-0.2, -0.15) is 12.6 Å². The number of carboxylic acid groups (broad SMARTS) is 2. The number of carbonyl (C=O) groups is 2. The van der Waals surface area contributed by atoms with Crippen LogP contribution in [0.15, 0.2) is 24.3 Å². The summed E-state index contributed by atoms with van der Waals surface area (Å²) >= 11 is 5.95. The first kappa shape index (κ1) is 34.0. The van der Waals surface area contributed by atoms with Crippen molar-refractivity contribution in [3.05, 3.63) is 76.3 Å². The second kappa shape index (κ2) is 13.4. The molecule has 0 aliphatic carbocycles. The van der Waals surface area contributed by atoms with E-state index in [2.05, 4.69) is 39.6 Å². The van der Waals surface area contributed by atoms with Gasteiger partial charge >= 0.3 is 29.0 Å². The summed E-state index contributed by atoms with van der Waals surface area (Å²) in [7, 11) is 4.40. The number of aryl methyl sites for hydroxylation is 4. The molecule has 3 aliphatic rings. The van der Waals surface area contributed by atoms with Gasteiger partial charge in [-0.3, -0.25) is 9.59 Å². The molecule has 6 rings (SSSR count). The van der Waals surface area contributed by atoms with E-state index in [4.69, 9.17) is 15.0 Å². The molecule has 1 fully saturated rings. The van der Waals surface area contributed by atoms with E-state index < -0.39 is 11.9 Å². The zero-order chi connectivity index (χ0) is 32.2. The Bertz CT molecular complexity index is 2000. The van der Waals surface area contributed by atoms with Crippen molar-refractivity contribution in [3.63, 3.8) is 0 Å². The smallest absolute Gasteiger partial charge is 0.658 e. The van der Waals surface area contributed by atoms with Crippen LogP contribution in [-0.2, 0) is 51.3 Å². The maximum Gasteiger partial charge on any atom is 3.00 e. The molecular formula is C35H37FeN4O4S2+2. The Kier molecular flexibility index (Phi) is 9.89. The zero-order valence-electron chi connectivity index (χ0n) is 26.3. The topological polar surface area (TPSA) is 120 Å². The van der Waals surface area contributed by atoms with Crippen LogP contribution in [0.1, 0.15) is 78.1 Å². The van der Waals surface area contributed by atoms with Crippen LogP contribution in [0, 0.1) is 20.9 Å². The molecule has 1 radical (unpaired) electrons. The van der Waals surface area contributed by atoms with E-state index in [1.54, 1.807) is 0 Å². The molecule has 1 atom stereocenters. The van der Waals surface area contributed by atoms with Gasteiger partial charge in [0.1, 0.15) is 11.4 Å². The van der Waals surface area contributed by atoms with Crippen LogP contribution >= 0.6 is 12.6 Å². The van der Waals surface area contributed by atoms with Gasteiger partial charge in [0.15, 0.2) is 11.0 Å². The van der Waals surface area contributed by atoms with E-state index in [-0.39, 0.29) is 29.9 Å². The number of carboxylic acids is 2. The summed E-state index contributed by atoms with van der Waals surface area (Å²) in [5, 5.41) is 19.6. The van der Waals surface area contributed by atoms with Crippen LogP contribution in [0.25, 0.3) is 44.4 Å². The van der Waals surface area contributed by atoms with Gasteiger partial charge in [0.25, 0.3) is 0 Å². The van der Waals surface area contributed by atoms with Crippen LogP contribution < -0.4 is 14.5 Å². The van der Waals surface area contributed by atoms with E-state index in [0.29, 0.717) is 29.4 Å². The second-order valence-electron chi connectivity index (χ2n) is 11.9. The Morgan fingerprint density at radius 2 is 1.41 bits per heavy atom. The van der Waals surface area contributed by atoms with Gasteiger partial charge in [-0.05, 0) is 81.2 Å². The first-order valence-corrected chi connectivity index (χ1v) is 16.9. The number of rotatable bonds is 9. The fourth-order valence-electron chi connectivity index (χ4n) is 6.52. The summed E-state index contributed by atoms with van der Waals surface area (Å²) in [6, 6.07) is 8.10. The third-order valence-corrected chi connectivity index (χ3v) is 10.4. The number of hydrogen-bond donors (Lipinski definition) is 3. The molecule has 239 valence electrons. The summed E-state index contributed by atoms with van der Waals surface area (Å²) in [5.74, 6) is 0.0235. The van der Waals surface area contributed by atoms with E-state index in [9.17, 15) is 19.8 Å². The monoisotopic (exact) mass is 697 g/mol. The van der Waals surface area contributed by atoms with Gasteiger partial charge < -0.3 is 24.7 Å². The number of fused-ring (bicyclic) bond motifs is 8. The predicted molar refractivity (Wildman–Crippen MR) is 184 cm³/mol. The van der Waals surface area contributed by atoms with Crippen molar-refractivity contribution in [3.8, 4) is 0 Å². The molecule has 2 N–H and O–H groups in total. The molecule has 8 bridgehead atoms. The zero-order valence-corrected chi connectivity index (χ0v) is 29.2. The molecule has 11 heteroatoms. The number of aromatic nitrogens is 4. The third-order valence-electron chi connectivity index (χ3n) is 9.14. The molecule has 3 aromatic heterocycles. The largest absolute Gasteiger partial charge is 3.00 e. The fourth-order valence-corrected chi connectivity index (χ4v) is 7.54.